The summed E-state index contributed by atoms with van der Waals surface area (Å²) in [7, 11) is 0. The highest BCUT2D eigenvalue weighted by Gasteiger charge is 2.13. The van der Waals surface area contributed by atoms with Gasteiger partial charge in [-0.05, 0) is 43.5 Å². The number of halogens is 1. The number of hydrogen-bond acceptors (Lipinski definition) is 1. The molecule has 1 aromatic rings. The van der Waals surface area contributed by atoms with E-state index >= 15 is 0 Å². The second-order valence-electron chi connectivity index (χ2n) is 4.20. The summed E-state index contributed by atoms with van der Waals surface area (Å²) in [5.74, 6) is 2.73. The third-order valence-corrected chi connectivity index (χ3v) is 3.76. The van der Waals surface area contributed by atoms with Crippen LogP contribution in [0.4, 0.5) is 0 Å². The molecule has 92 valence electrons. The van der Waals surface area contributed by atoms with Crippen LogP contribution in [0.3, 0.4) is 0 Å². The third kappa shape index (κ3) is 4.18. The van der Waals surface area contributed by atoms with Crippen LogP contribution in [0.25, 0.3) is 0 Å². The van der Waals surface area contributed by atoms with Crippen molar-refractivity contribution < 1.29 is 0 Å². The molecule has 2 heteroatoms. The van der Waals surface area contributed by atoms with Crippen LogP contribution in [-0.4, -0.2) is 6.54 Å². The molecule has 0 saturated carbocycles. The Morgan fingerprint density at radius 3 is 2.88 bits per heavy atom. The van der Waals surface area contributed by atoms with E-state index in [0.29, 0.717) is 6.04 Å². The number of nitrogens with one attached hydrogen (secondary N) is 1. The molecule has 1 N–H and O–H groups in total. The smallest absolute Gasteiger partial charge is 0.0332 e. The molecule has 0 saturated heterocycles. The van der Waals surface area contributed by atoms with Gasteiger partial charge in [0.25, 0.3) is 0 Å². The lowest BCUT2D eigenvalue weighted by Crippen LogP contribution is -2.22. The molecule has 0 aromatic heterocycles. The van der Waals surface area contributed by atoms with Gasteiger partial charge in [-0.3, -0.25) is 0 Å². The molecule has 1 unspecified atom stereocenters. The minimum Gasteiger partial charge on any atom is -0.310 e. The Morgan fingerprint density at radius 2 is 2.24 bits per heavy atom. The van der Waals surface area contributed by atoms with E-state index < -0.39 is 0 Å². The quantitative estimate of drug-likeness (QED) is 0.775. The van der Waals surface area contributed by atoms with Crippen LogP contribution in [0.15, 0.2) is 22.7 Å². The predicted octanol–water partition coefficient (Wildman–Crippen LogP) is 4.21. The summed E-state index contributed by atoms with van der Waals surface area (Å²) >= 11 is 3.58. The molecule has 0 radical (unpaired) electrons. The summed E-state index contributed by atoms with van der Waals surface area (Å²) in [6.45, 7) is 5.36. The Morgan fingerprint density at radius 1 is 1.47 bits per heavy atom. The van der Waals surface area contributed by atoms with E-state index in [1.807, 2.05) is 0 Å². The Bertz CT molecular complexity index is 392. The molecule has 0 aliphatic carbocycles. The van der Waals surface area contributed by atoms with Crippen LogP contribution in [0.5, 0.6) is 0 Å². The summed E-state index contributed by atoms with van der Waals surface area (Å²) in [5.41, 5.74) is 2.65. The molecule has 0 aliphatic heterocycles. The fourth-order valence-electron chi connectivity index (χ4n) is 1.92. The highest BCUT2D eigenvalue weighted by molar-refractivity contribution is 9.10. The van der Waals surface area contributed by atoms with Gasteiger partial charge >= 0.3 is 0 Å². The zero-order valence-corrected chi connectivity index (χ0v) is 12.2. The first-order valence-corrected chi connectivity index (χ1v) is 6.91. The summed E-state index contributed by atoms with van der Waals surface area (Å²) in [4.78, 5) is 0. The molecule has 1 aromatic carbocycles. The molecule has 1 nitrogen and oxygen atoms in total. The van der Waals surface area contributed by atoms with Gasteiger partial charge in [-0.25, -0.2) is 0 Å². The van der Waals surface area contributed by atoms with Crippen molar-refractivity contribution in [2.75, 3.05) is 6.54 Å². The van der Waals surface area contributed by atoms with Gasteiger partial charge in [0.15, 0.2) is 0 Å². The van der Waals surface area contributed by atoms with Crippen molar-refractivity contribution >= 4 is 15.9 Å². The van der Waals surface area contributed by atoms with E-state index in [2.05, 4.69) is 59.2 Å². The minimum absolute atomic E-state index is 0.364. The largest absolute Gasteiger partial charge is 0.310 e. The first kappa shape index (κ1) is 14.3. The van der Waals surface area contributed by atoms with E-state index in [0.717, 1.165) is 25.8 Å². The first-order valence-electron chi connectivity index (χ1n) is 6.12. The van der Waals surface area contributed by atoms with Crippen LogP contribution in [-0.2, 0) is 0 Å². The maximum absolute atomic E-state index is 5.36. The summed E-state index contributed by atoms with van der Waals surface area (Å²) < 4.78 is 1.17. The van der Waals surface area contributed by atoms with Gasteiger partial charge < -0.3 is 5.32 Å². The van der Waals surface area contributed by atoms with E-state index in [-0.39, 0.29) is 0 Å². The Hall–Kier alpha value is -0.780. The average molecular weight is 294 g/mol. The van der Waals surface area contributed by atoms with Crippen LogP contribution >= 0.6 is 15.9 Å². The topological polar surface area (TPSA) is 12.0 Å². The van der Waals surface area contributed by atoms with Crippen molar-refractivity contribution in [3.63, 3.8) is 0 Å². The van der Waals surface area contributed by atoms with Gasteiger partial charge in [0.05, 0.1) is 0 Å². The molecule has 0 amide bonds. The highest BCUT2D eigenvalue weighted by Crippen LogP contribution is 2.27. The maximum atomic E-state index is 5.36. The zero-order valence-electron chi connectivity index (χ0n) is 10.6. The fourth-order valence-corrected chi connectivity index (χ4v) is 2.30. The zero-order chi connectivity index (χ0) is 12.7. The molecular formula is C15H20BrN. The first-order chi connectivity index (χ1) is 8.20. The number of terminal acetylenes is 1. The lowest BCUT2D eigenvalue weighted by molar-refractivity contribution is 0.503. The van der Waals surface area contributed by atoms with Crippen molar-refractivity contribution in [3.05, 3.63) is 33.8 Å². The molecule has 17 heavy (non-hydrogen) atoms. The van der Waals surface area contributed by atoms with Crippen molar-refractivity contribution in [1.29, 1.82) is 0 Å². The Labute approximate surface area is 113 Å². The van der Waals surface area contributed by atoms with Crippen LogP contribution in [0.1, 0.15) is 43.4 Å². The third-order valence-electron chi connectivity index (χ3n) is 2.90. The predicted molar refractivity (Wildman–Crippen MR) is 78.0 cm³/mol. The van der Waals surface area contributed by atoms with Gasteiger partial charge in [0.2, 0.25) is 0 Å². The van der Waals surface area contributed by atoms with E-state index in [1.165, 1.54) is 15.6 Å². The number of rotatable bonds is 6. The second kappa shape index (κ2) is 7.53. The normalized spacial score (nSPS) is 12.1. The summed E-state index contributed by atoms with van der Waals surface area (Å²) in [5, 5.41) is 3.57. The van der Waals surface area contributed by atoms with Crippen LogP contribution < -0.4 is 5.32 Å². The molecule has 1 rings (SSSR count). The van der Waals surface area contributed by atoms with E-state index in [1.54, 1.807) is 0 Å². The number of hydrogen-bond donors (Lipinski definition) is 1. The van der Waals surface area contributed by atoms with Crippen LogP contribution in [0.2, 0.25) is 0 Å². The number of benzene rings is 1. The molecule has 0 spiro atoms. The second-order valence-corrected chi connectivity index (χ2v) is 5.06. The SMILES string of the molecule is C#CCCC(NCCC)c1cccc(Br)c1C. The van der Waals surface area contributed by atoms with E-state index in [9.17, 15) is 0 Å². The lowest BCUT2D eigenvalue weighted by Gasteiger charge is -2.20. The highest BCUT2D eigenvalue weighted by atomic mass is 79.9. The van der Waals surface area contributed by atoms with Gasteiger partial charge in [0.1, 0.15) is 0 Å². The Kier molecular flexibility index (Phi) is 6.32. The van der Waals surface area contributed by atoms with E-state index in [4.69, 9.17) is 6.42 Å². The van der Waals surface area contributed by atoms with Crippen molar-refractivity contribution in [3.8, 4) is 12.3 Å². The van der Waals surface area contributed by atoms with Gasteiger partial charge in [-0.1, -0.05) is 35.0 Å². The summed E-state index contributed by atoms with van der Waals surface area (Å²) in [6, 6.07) is 6.72. The molecule has 0 heterocycles. The van der Waals surface area contributed by atoms with Crippen molar-refractivity contribution in [1.82, 2.24) is 5.32 Å². The molecule has 0 fully saturated rings. The Balaban J connectivity index is 2.87. The lowest BCUT2D eigenvalue weighted by atomic mass is 9.97. The molecular weight excluding hydrogens is 274 g/mol. The van der Waals surface area contributed by atoms with Gasteiger partial charge in [-0.2, -0.15) is 0 Å². The fraction of sp³-hybridized carbons (Fsp3) is 0.467. The molecule has 0 bridgehead atoms. The standard InChI is InChI=1S/C15H20BrN/c1-4-6-10-15(17-11-5-2)13-8-7-9-14(16)12(13)3/h1,7-9,15,17H,5-6,10-11H2,2-3H3. The maximum Gasteiger partial charge on any atom is 0.0332 e. The van der Waals surface area contributed by atoms with Crippen molar-refractivity contribution in [2.45, 2.75) is 39.2 Å². The molecule has 1 atom stereocenters. The molecule has 0 aliphatic rings. The summed E-state index contributed by atoms with van der Waals surface area (Å²) in [6.07, 6.45) is 8.31. The van der Waals surface area contributed by atoms with Crippen LogP contribution in [0, 0.1) is 19.3 Å². The average Bonchev–Trinajstić information content (AvgIpc) is 2.34. The van der Waals surface area contributed by atoms with Gasteiger partial charge in [-0.15, -0.1) is 12.3 Å². The van der Waals surface area contributed by atoms with Gasteiger partial charge in [0, 0.05) is 16.9 Å². The van der Waals surface area contributed by atoms with Crippen molar-refractivity contribution in [2.24, 2.45) is 0 Å². The monoisotopic (exact) mass is 293 g/mol. The minimum atomic E-state index is 0.364.